The monoisotopic (exact) mass is 288 g/mol. The van der Waals surface area contributed by atoms with Crippen LogP contribution in [0, 0.1) is 6.92 Å². The molecule has 0 aromatic carbocycles. The summed E-state index contributed by atoms with van der Waals surface area (Å²) < 4.78 is 1.01. The summed E-state index contributed by atoms with van der Waals surface area (Å²) in [6.45, 7) is 2.03. The van der Waals surface area contributed by atoms with Gasteiger partial charge in [-0.2, -0.15) is 0 Å². The summed E-state index contributed by atoms with van der Waals surface area (Å²) in [7, 11) is 0. The smallest absolute Gasteiger partial charge is 0.140 e. The fourth-order valence-electron chi connectivity index (χ4n) is 1.77. The van der Waals surface area contributed by atoms with E-state index in [1.807, 2.05) is 13.1 Å². The quantitative estimate of drug-likeness (QED) is 0.858. The molecule has 1 N–H and O–H groups in total. The number of aryl methyl sites for hydroxylation is 1. The summed E-state index contributed by atoms with van der Waals surface area (Å²) in [5, 5.41) is 3.45. The highest BCUT2D eigenvalue weighted by molar-refractivity contribution is 9.10. The van der Waals surface area contributed by atoms with Gasteiger partial charge in [0.05, 0.1) is 10.0 Å². The Balaban J connectivity index is 2.16. The Morgan fingerprint density at radius 3 is 2.80 bits per heavy atom. The van der Waals surface area contributed by atoms with Crippen molar-refractivity contribution in [2.75, 3.05) is 11.2 Å². The van der Waals surface area contributed by atoms with Crippen LogP contribution in [0.5, 0.6) is 0 Å². The maximum Gasteiger partial charge on any atom is 0.140 e. The van der Waals surface area contributed by atoms with Gasteiger partial charge in [-0.05, 0) is 53.7 Å². The fourth-order valence-corrected chi connectivity index (χ4v) is 2.67. The number of rotatable bonds is 3. The van der Waals surface area contributed by atoms with Crippen LogP contribution in [-0.4, -0.2) is 16.4 Å². The highest BCUT2D eigenvalue weighted by Gasteiger charge is 2.36. The van der Waals surface area contributed by atoms with Crippen molar-refractivity contribution >= 4 is 33.3 Å². The highest BCUT2D eigenvalue weighted by atomic mass is 79.9. The zero-order valence-electron chi connectivity index (χ0n) is 8.69. The van der Waals surface area contributed by atoms with E-state index in [0.717, 1.165) is 28.7 Å². The molecule has 1 aromatic rings. The standard InChI is InChI=1S/C11H14BrClN2/c1-8-5-9(12)10(14-6-8)15-11(7-13)3-2-4-11/h5-6H,2-4,7H2,1H3,(H,14,15). The number of aromatic nitrogens is 1. The molecule has 0 bridgehead atoms. The molecule has 1 aliphatic carbocycles. The van der Waals surface area contributed by atoms with E-state index in [0.29, 0.717) is 5.88 Å². The molecule has 82 valence electrons. The van der Waals surface area contributed by atoms with E-state index >= 15 is 0 Å². The molecule has 0 aliphatic heterocycles. The molecule has 1 heterocycles. The van der Waals surface area contributed by atoms with Gasteiger partial charge in [-0.3, -0.25) is 0 Å². The van der Waals surface area contributed by atoms with Crippen LogP contribution >= 0.6 is 27.5 Å². The Kier molecular flexibility index (Phi) is 3.21. The van der Waals surface area contributed by atoms with E-state index in [-0.39, 0.29) is 5.54 Å². The first kappa shape index (κ1) is 11.2. The van der Waals surface area contributed by atoms with Crippen molar-refractivity contribution in [2.24, 2.45) is 0 Å². The fraction of sp³-hybridized carbons (Fsp3) is 0.545. The summed E-state index contributed by atoms with van der Waals surface area (Å²) in [5.74, 6) is 1.55. The third kappa shape index (κ3) is 2.28. The first-order valence-corrected chi connectivity index (χ1v) is 6.44. The van der Waals surface area contributed by atoms with Gasteiger partial charge >= 0.3 is 0 Å². The molecule has 1 aliphatic rings. The molecule has 0 saturated heterocycles. The number of halogens is 2. The van der Waals surface area contributed by atoms with Crippen molar-refractivity contribution < 1.29 is 0 Å². The second kappa shape index (κ2) is 4.30. The van der Waals surface area contributed by atoms with Crippen molar-refractivity contribution in [3.8, 4) is 0 Å². The lowest BCUT2D eigenvalue weighted by molar-refractivity contribution is 0.310. The second-order valence-corrected chi connectivity index (χ2v) is 5.36. The van der Waals surface area contributed by atoms with Crippen molar-refractivity contribution in [3.05, 3.63) is 22.3 Å². The Labute approximate surface area is 104 Å². The van der Waals surface area contributed by atoms with E-state index in [1.54, 1.807) is 0 Å². The molecule has 1 saturated carbocycles. The SMILES string of the molecule is Cc1cnc(NC2(CCl)CCC2)c(Br)c1. The third-order valence-electron chi connectivity index (χ3n) is 2.93. The van der Waals surface area contributed by atoms with Crippen LogP contribution < -0.4 is 5.32 Å². The van der Waals surface area contributed by atoms with Crippen LogP contribution in [0.4, 0.5) is 5.82 Å². The summed E-state index contributed by atoms with van der Waals surface area (Å²) in [4.78, 5) is 4.38. The van der Waals surface area contributed by atoms with Gasteiger partial charge in [0.1, 0.15) is 5.82 Å². The zero-order valence-corrected chi connectivity index (χ0v) is 11.0. The topological polar surface area (TPSA) is 24.9 Å². The van der Waals surface area contributed by atoms with E-state index in [4.69, 9.17) is 11.6 Å². The number of nitrogens with zero attached hydrogens (tertiary/aromatic N) is 1. The van der Waals surface area contributed by atoms with Gasteiger partial charge in [0.2, 0.25) is 0 Å². The number of hydrogen-bond donors (Lipinski definition) is 1. The van der Waals surface area contributed by atoms with Gasteiger partial charge in [0.25, 0.3) is 0 Å². The van der Waals surface area contributed by atoms with Crippen molar-refractivity contribution in [1.29, 1.82) is 0 Å². The predicted molar refractivity (Wildman–Crippen MR) is 67.6 cm³/mol. The molecule has 0 radical (unpaired) electrons. The average molecular weight is 290 g/mol. The normalized spacial score (nSPS) is 18.3. The minimum atomic E-state index is 0.0757. The first-order chi connectivity index (χ1) is 7.15. The van der Waals surface area contributed by atoms with Gasteiger partial charge in [-0.25, -0.2) is 4.98 Å². The number of alkyl halides is 1. The largest absolute Gasteiger partial charge is 0.362 e. The van der Waals surface area contributed by atoms with Crippen LogP contribution in [0.1, 0.15) is 24.8 Å². The molecule has 2 nitrogen and oxygen atoms in total. The molecule has 0 amide bonds. The van der Waals surface area contributed by atoms with E-state index in [2.05, 4.69) is 32.3 Å². The van der Waals surface area contributed by atoms with Crippen LogP contribution in [-0.2, 0) is 0 Å². The van der Waals surface area contributed by atoms with Crippen LogP contribution in [0.2, 0.25) is 0 Å². The number of hydrogen-bond acceptors (Lipinski definition) is 2. The van der Waals surface area contributed by atoms with E-state index in [1.165, 1.54) is 6.42 Å². The molecule has 1 fully saturated rings. The average Bonchev–Trinajstić information content (AvgIpc) is 2.14. The van der Waals surface area contributed by atoms with Crippen LogP contribution in [0.15, 0.2) is 16.7 Å². The van der Waals surface area contributed by atoms with Crippen LogP contribution in [0.3, 0.4) is 0 Å². The Morgan fingerprint density at radius 1 is 1.60 bits per heavy atom. The van der Waals surface area contributed by atoms with Crippen molar-refractivity contribution in [2.45, 2.75) is 31.7 Å². The Bertz CT molecular complexity index is 358. The minimum absolute atomic E-state index is 0.0757. The summed E-state index contributed by atoms with van der Waals surface area (Å²) in [5.41, 5.74) is 1.23. The maximum atomic E-state index is 5.99. The van der Waals surface area contributed by atoms with Gasteiger partial charge in [0.15, 0.2) is 0 Å². The summed E-state index contributed by atoms with van der Waals surface area (Å²) >= 11 is 9.50. The summed E-state index contributed by atoms with van der Waals surface area (Å²) in [6.07, 6.45) is 5.40. The van der Waals surface area contributed by atoms with Gasteiger partial charge in [0, 0.05) is 12.1 Å². The molecule has 0 unspecified atom stereocenters. The molecule has 0 atom stereocenters. The van der Waals surface area contributed by atoms with Crippen LogP contribution in [0.25, 0.3) is 0 Å². The molecule has 4 heteroatoms. The molecule has 2 rings (SSSR count). The lowest BCUT2D eigenvalue weighted by Crippen LogP contribution is -2.47. The molecule has 1 aromatic heterocycles. The zero-order chi connectivity index (χ0) is 10.9. The van der Waals surface area contributed by atoms with E-state index in [9.17, 15) is 0 Å². The third-order valence-corrected chi connectivity index (χ3v) is 4.04. The predicted octanol–water partition coefficient (Wildman–Crippen LogP) is 3.73. The number of anilines is 1. The molecule has 15 heavy (non-hydrogen) atoms. The van der Waals surface area contributed by atoms with Gasteiger partial charge in [-0.15, -0.1) is 11.6 Å². The van der Waals surface area contributed by atoms with Crippen molar-refractivity contribution in [3.63, 3.8) is 0 Å². The van der Waals surface area contributed by atoms with Crippen molar-refractivity contribution in [1.82, 2.24) is 4.98 Å². The number of pyridine rings is 1. The molecular weight excluding hydrogens is 275 g/mol. The van der Waals surface area contributed by atoms with Gasteiger partial charge in [-0.1, -0.05) is 0 Å². The molecular formula is C11H14BrClN2. The minimum Gasteiger partial charge on any atom is -0.362 e. The lowest BCUT2D eigenvalue weighted by atomic mass is 9.78. The van der Waals surface area contributed by atoms with Gasteiger partial charge < -0.3 is 5.32 Å². The lowest BCUT2D eigenvalue weighted by Gasteiger charge is -2.41. The second-order valence-electron chi connectivity index (χ2n) is 4.24. The van der Waals surface area contributed by atoms with E-state index < -0.39 is 0 Å². The number of nitrogens with one attached hydrogen (secondary N) is 1. The maximum absolute atomic E-state index is 5.99. The Hall–Kier alpha value is -0.280. The highest BCUT2D eigenvalue weighted by Crippen LogP contribution is 2.37. The first-order valence-electron chi connectivity index (χ1n) is 5.11. The Morgan fingerprint density at radius 2 is 2.33 bits per heavy atom. The summed E-state index contributed by atoms with van der Waals surface area (Å²) in [6, 6.07) is 2.07. The molecule has 0 spiro atoms.